The van der Waals surface area contributed by atoms with Crippen LogP contribution in [0, 0.1) is 13.8 Å². The molecular formula is C17H24N4. The molecule has 0 spiro atoms. The second-order valence-electron chi connectivity index (χ2n) is 5.68. The Morgan fingerprint density at radius 3 is 2.57 bits per heavy atom. The van der Waals surface area contributed by atoms with E-state index in [1.54, 1.807) is 0 Å². The van der Waals surface area contributed by atoms with Crippen molar-refractivity contribution in [2.45, 2.75) is 47.0 Å². The lowest BCUT2D eigenvalue weighted by Crippen LogP contribution is -2.10. The highest BCUT2D eigenvalue weighted by Crippen LogP contribution is 2.29. The standard InChI is InChI=1S/C17H24N4/c1-6-8-19-17-13(5)15(20-16(21-17)11(2)3)14-7-9-18-10-12(14)4/h7,9-11H,6,8H2,1-5H3,(H,19,20,21). The second kappa shape index (κ2) is 6.66. The Balaban J connectivity index is 2.58. The van der Waals surface area contributed by atoms with Crippen LogP contribution in [0.25, 0.3) is 11.3 Å². The molecule has 4 nitrogen and oxygen atoms in total. The molecule has 21 heavy (non-hydrogen) atoms. The maximum atomic E-state index is 4.79. The van der Waals surface area contributed by atoms with Gasteiger partial charge in [0.1, 0.15) is 11.6 Å². The van der Waals surface area contributed by atoms with Crippen molar-refractivity contribution in [2.75, 3.05) is 11.9 Å². The summed E-state index contributed by atoms with van der Waals surface area (Å²) < 4.78 is 0. The molecule has 2 heterocycles. The summed E-state index contributed by atoms with van der Waals surface area (Å²) in [5.74, 6) is 2.13. The molecule has 0 amide bonds. The molecule has 0 aliphatic carbocycles. The van der Waals surface area contributed by atoms with Crippen LogP contribution in [0.2, 0.25) is 0 Å². The zero-order valence-corrected chi connectivity index (χ0v) is 13.6. The predicted molar refractivity (Wildman–Crippen MR) is 87.6 cm³/mol. The summed E-state index contributed by atoms with van der Waals surface area (Å²) in [6, 6.07) is 2.03. The number of pyridine rings is 1. The fourth-order valence-corrected chi connectivity index (χ4v) is 2.21. The van der Waals surface area contributed by atoms with Crippen molar-refractivity contribution >= 4 is 5.82 Å². The highest BCUT2D eigenvalue weighted by molar-refractivity contribution is 5.70. The third kappa shape index (κ3) is 3.38. The predicted octanol–water partition coefficient (Wildman–Crippen LogP) is 4.10. The quantitative estimate of drug-likeness (QED) is 0.898. The molecular weight excluding hydrogens is 260 g/mol. The monoisotopic (exact) mass is 284 g/mol. The lowest BCUT2D eigenvalue weighted by molar-refractivity contribution is 0.772. The summed E-state index contributed by atoms with van der Waals surface area (Å²) in [4.78, 5) is 13.7. The number of hydrogen-bond donors (Lipinski definition) is 1. The number of aryl methyl sites for hydroxylation is 1. The maximum Gasteiger partial charge on any atom is 0.133 e. The Morgan fingerprint density at radius 2 is 1.95 bits per heavy atom. The normalized spacial score (nSPS) is 11.0. The lowest BCUT2D eigenvalue weighted by Gasteiger charge is -2.16. The summed E-state index contributed by atoms with van der Waals surface area (Å²) in [6.45, 7) is 11.5. The largest absolute Gasteiger partial charge is 0.370 e. The number of rotatable bonds is 5. The van der Waals surface area contributed by atoms with Crippen LogP contribution < -0.4 is 5.32 Å². The Kier molecular flexibility index (Phi) is 4.89. The van der Waals surface area contributed by atoms with E-state index >= 15 is 0 Å². The number of nitrogens with zero attached hydrogens (tertiary/aromatic N) is 3. The fraction of sp³-hybridized carbons (Fsp3) is 0.471. The Labute approximate surface area is 127 Å². The van der Waals surface area contributed by atoms with Crippen LogP contribution in [0.5, 0.6) is 0 Å². The van der Waals surface area contributed by atoms with Gasteiger partial charge in [-0.25, -0.2) is 9.97 Å². The van der Waals surface area contributed by atoms with Crippen LogP contribution in [0.3, 0.4) is 0 Å². The van der Waals surface area contributed by atoms with Crippen molar-refractivity contribution in [1.82, 2.24) is 15.0 Å². The van der Waals surface area contributed by atoms with Gasteiger partial charge < -0.3 is 5.32 Å². The molecule has 0 radical (unpaired) electrons. The molecule has 0 aliphatic heterocycles. The van der Waals surface area contributed by atoms with Gasteiger partial charge in [0.05, 0.1) is 5.69 Å². The molecule has 1 N–H and O–H groups in total. The van der Waals surface area contributed by atoms with E-state index in [0.29, 0.717) is 5.92 Å². The summed E-state index contributed by atoms with van der Waals surface area (Å²) in [7, 11) is 0. The van der Waals surface area contributed by atoms with Gasteiger partial charge in [-0.1, -0.05) is 20.8 Å². The number of nitrogens with one attached hydrogen (secondary N) is 1. The molecule has 2 rings (SSSR count). The van der Waals surface area contributed by atoms with Crippen molar-refractivity contribution in [1.29, 1.82) is 0 Å². The number of aromatic nitrogens is 3. The van der Waals surface area contributed by atoms with Crippen LogP contribution in [-0.4, -0.2) is 21.5 Å². The molecule has 0 bridgehead atoms. The van der Waals surface area contributed by atoms with Crippen LogP contribution >= 0.6 is 0 Å². The summed E-state index contributed by atoms with van der Waals surface area (Å²) in [5.41, 5.74) is 4.37. The minimum Gasteiger partial charge on any atom is -0.370 e. The minimum atomic E-state index is 0.300. The molecule has 2 aromatic rings. The molecule has 0 saturated heterocycles. The zero-order chi connectivity index (χ0) is 15.4. The summed E-state index contributed by atoms with van der Waals surface area (Å²) in [6.07, 6.45) is 4.77. The van der Waals surface area contributed by atoms with Crippen molar-refractivity contribution in [3.8, 4) is 11.3 Å². The molecule has 4 heteroatoms. The zero-order valence-electron chi connectivity index (χ0n) is 13.6. The topological polar surface area (TPSA) is 50.7 Å². The fourth-order valence-electron chi connectivity index (χ4n) is 2.21. The van der Waals surface area contributed by atoms with Gasteiger partial charge in [0, 0.05) is 36.0 Å². The summed E-state index contributed by atoms with van der Waals surface area (Å²) in [5, 5.41) is 3.42. The first kappa shape index (κ1) is 15.4. The Hall–Kier alpha value is -1.97. The van der Waals surface area contributed by atoms with E-state index in [0.717, 1.165) is 47.0 Å². The average Bonchev–Trinajstić information content (AvgIpc) is 2.47. The Bertz CT molecular complexity index is 620. The molecule has 2 aromatic heterocycles. The lowest BCUT2D eigenvalue weighted by atomic mass is 10.0. The third-order valence-corrected chi connectivity index (χ3v) is 3.50. The van der Waals surface area contributed by atoms with E-state index in [9.17, 15) is 0 Å². The third-order valence-electron chi connectivity index (χ3n) is 3.50. The van der Waals surface area contributed by atoms with Crippen LogP contribution in [0.4, 0.5) is 5.82 Å². The molecule has 0 unspecified atom stereocenters. The van der Waals surface area contributed by atoms with Gasteiger partial charge in [-0.3, -0.25) is 4.98 Å². The maximum absolute atomic E-state index is 4.79. The van der Waals surface area contributed by atoms with Gasteiger partial charge in [0.2, 0.25) is 0 Å². The van der Waals surface area contributed by atoms with E-state index in [4.69, 9.17) is 4.98 Å². The van der Waals surface area contributed by atoms with Crippen molar-refractivity contribution in [3.05, 3.63) is 35.4 Å². The van der Waals surface area contributed by atoms with Gasteiger partial charge in [-0.2, -0.15) is 0 Å². The van der Waals surface area contributed by atoms with Gasteiger partial charge in [-0.05, 0) is 31.9 Å². The van der Waals surface area contributed by atoms with E-state index < -0.39 is 0 Å². The smallest absolute Gasteiger partial charge is 0.133 e. The summed E-state index contributed by atoms with van der Waals surface area (Å²) >= 11 is 0. The van der Waals surface area contributed by atoms with Crippen molar-refractivity contribution in [3.63, 3.8) is 0 Å². The van der Waals surface area contributed by atoms with Crippen molar-refractivity contribution in [2.24, 2.45) is 0 Å². The average molecular weight is 284 g/mol. The highest BCUT2D eigenvalue weighted by Gasteiger charge is 2.15. The number of hydrogen-bond acceptors (Lipinski definition) is 4. The van der Waals surface area contributed by atoms with Crippen molar-refractivity contribution < 1.29 is 0 Å². The first-order valence-corrected chi connectivity index (χ1v) is 7.58. The Morgan fingerprint density at radius 1 is 1.19 bits per heavy atom. The van der Waals surface area contributed by atoms with Crippen LogP contribution in [0.15, 0.2) is 18.5 Å². The van der Waals surface area contributed by atoms with Crippen LogP contribution in [-0.2, 0) is 0 Å². The van der Waals surface area contributed by atoms with E-state index in [2.05, 4.69) is 49.9 Å². The molecule has 0 aromatic carbocycles. The second-order valence-corrected chi connectivity index (χ2v) is 5.68. The van der Waals surface area contributed by atoms with Gasteiger partial charge in [0.25, 0.3) is 0 Å². The molecule has 0 saturated carbocycles. The minimum absolute atomic E-state index is 0.300. The van der Waals surface area contributed by atoms with Gasteiger partial charge in [0.15, 0.2) is 0 Å². The SMILES string of the molecule is CCCNc1nc(C(C)C)nc(-c2ccncc2C)c1C. The van der Waals surface area contributed by atoms with Crippen LogP contribution in [0.1, 0.15) is 50.1 Å². The molecule has 112 valence electrons. The first-order chi connectivity index (χ1) is 10.0. The molecule has 0 atom stereocenters. The van der Waals surface area contributed by atoms with E-state index in [1.807, 2.05) is 18.5 Å². The van der Waals surface area contributed by atoms with Gasteiger partial charge in [-0.15, -0.1) is 0 Å². The van der Waals surface area contributed by atoms with E-state index in [-0.39, 0.29) is 0 Å². The molecule has 0 fully saturated rings. The van der Waals surface area contributed by atoms with Gasteiger partial charge >= 0.3 is 0 Å². The number of anilines is 1. The first-order valence-electron chi connectivity index (χ1n) is 7.58. The molecule has 0 aliphatic rings. The highest BCUT2D eigenvalue weighted by atomic mass is 15.0. The van der Waals surface area contributed by atoms with E-state index in [1.165, 1.54) is 0 Å².